The van der Waals surface area contributed by atoms with Gasteiger partial charge >= 0.3 is 475 Å². The van der Waals surface area contributed by atoms with Crippen LogP contribution in [0.3, 0.4) is 0 Å². The molecule has 66 heavy (non-hydrogen) atoms. The van der Waals surface area contributed by atoms with Crippen molar-refractivity contribution in [2.24, 2.45) is 0 Å². The van der Waals surface area contributed by atoms with Crippen molar-refractivity contribution in [3.8, 4) is 0 Å². The summed E-state index contributed by atoms with van der Waals surface area (Å²) in [7, 11) is -7.95. The Hall–Kier alpha value is 2.72. The summed E-state index contributed by atoms with van der Waals surface area (Å²) < 4.78 is 24.1. The quantitative estimate of drug-likeness (QED) is 0.172. The van der Waals surface area contributed by atoms with Crippen molar-refractivity contribution in [3.63, 3.8) is 0 Å². The molecule has 8 aromatic carbocycles. The van der Waals surface area contributed by atoms with Crippen molar-refractivity contribution < 1.29 is 0 Å². The zero-order valence-corrected chi connectivity index (χ0v) is 63.1. The molecular weight excluding hydrogens is 2010 g/mol. The monoisotopic (exact) mass is 2040 g/mol. The molecule has 18 heteroatoms. The van der Waals surface area contributed by atoms with E-state index in [1.807, 2.05) is 0 Å². The Balaban J connectivity index is 0.000000118. The molecular formula is C48H32Br10Se8. The maximum atomic E-state index is 3.97. The molecule has 4 aliphatic heterocycles. The fraction of sp³-hybridized carbons (Fsp3) is 0. The van der Waals surface area contributed by atoms with Gasteiger partial charge in [-0.1, -0.05) is 0 Å². The summed E-state index contributed by atoms with van der Waals surface area (Å²) in [6.07, 6.45) is 0. The second-order valence-corrected chi connectivity index (χ2v) is 96.6. The van der Waals surface area contributed by atoms with Gasteiger partial charge in [-0.2, -0.15) is 0 Å². The van der Waals surface area contributed by atoms with E-state index in [2.05, 4.69) is 335 Å². The molecule has 0 atom stereocenters. The third-order valence-electron chi connectivity index (χ3n) is 9.88. The second kappa shape index (κ2) is 24.6. The summed E-state index contributed by atoms with van der Waals surface area (Å²) in [6, 6.07) is 70.4. The molecule has 0 aliphatic carbocycles. The van der Waals surface area contributed by atoms with Crippen LogP contribution in [0.4, 0.5) is 0 Å². The summed E-state index contributed by atoms with van der Waals surface area (Å²) in [5.41, 5.74) is 0. The van der Waals surface area contributed by atoms with Gasteiger partial charge in [0.05, 0.1) is 0 Å². The minimum atomic E-state index is -1.99. The van der Waals surface area contributed by atoms with Gasteiger partial charge in [-0.3, -0.25) is 0 Å². The Labute approximate surface area is 494 Å². The molecule has 0 saturated heterocycles. The number of halogens is 10. The van der Waals surface area contributed by atoms with Gasteiger partial charge in [0, 0.05) is 28.3 Å². The Morgan fingerprint density at radius 1 is 0.197 bits per heavy atom. The Morgan fingerprint density at radius 3 is 0.424 bits per heavy atom. The topological polar surface area (TPSA) is 0 Å². The van der Waals surface area contributed by atoms with Gasteiger partial charge in [-0.05, 0) is 0 Å². The molecule has 342 valence electrons. The molecule has 0 nitrogen and oxygen atoms in total. The fourth-order valence-electron chi connectivity index (χ4n) is 6.92. The van der Waals surface area contributed by atoms with Crippen molar-refractivity contribution in [1.29, 1.82) is 0 Å². The Morgan fingerprint density at radius 2 is 0.303 bits per heavy atom. The summed E-state index contributed by atoms with van der Waals surface area (Å²) in [5.74, 6) is 0. The van der Waals surface area contributed by atoms with Gasteiger partial charge in [-0.15, -0.1) is 0 Å². The van der Waals surface area contributed by atoms with E-state index in [4.69, 9.17) is 0 Å². The molecule has 0 bridgehead atoms. The third kappa shape index (κ3) is 12.0. The number of hydrogen-bond donors (Lipinski definition) is 0. The predicted octanol–water partition coefficient (Wildman–Crippen LogP) is 5.70. The van der Waals surface area contributed by atoms with Crippen LogP contribution in [0.2, 0.25) is 0 Å². The molecule has 12 rings (SSSR count). The summed E-state index contributed by atoms with van der Waals surface area (Å²) in [6.45, 7) is 0. The van der Waals surface area contributed by atoms with Crippen molar-refractivity contribution in [2.75, 3.05) is 0 Å². The van der Waals surface area contributed by atoms with Crippen molar-refractivity contribution >= 4 is 309 Å². The van der Waals surface area contributed by atoms with Crippen molar-refractivity contribution in [1.82, 2.24) is 0 Å². The van der Waals surface area contributed by atoms with E-state index >= 15 is 0 Å². The Bertz CT molecular complexity index is 2430. The zero-order chi connectivity index (χ0) is 46.7. The first-order valence-electron chi connectivity index (χ1n) is 19.3. The molecule has 0 aromatic heterocycles. The number of rotatable bonds is 0. The molecule has 0 fully saturated rings. The molecule has 8 aromatic rings. The van der Waals surface area contributed by atoms with Crippen LogP contribution in [0, 0.1) is 0 Å². The number of fused-ring (bicyclic) bond motifs is 8. The molecule has 0 amide bonds. The van der Waals surface area contributed by atoms with E-state index in [0.29, 0.717) is 59.8 Å². The van der Waals surface area contributed by atoms with Gasteiger partial charge in [0.1, 0.15) is 0 Å². The first kappa shape index (κ1) is 55.0. The van der Waals surface area contributed by atoms with Crippen LogP contribution in [-0.4, -0.2) is 96.7 Å². The SMILES string of the molecule is BrBr.Br[Se]1(Br)c2ccccc2[Se]c2ccccc21.Br[Se]1(Br)c2ccccc2[Se]c2ccccc21.Br[Se]1(Br)c2ccccc2[Se]c2ccccc21.Br[Se]1(Br)c2ccccc2[Se]c2ccccc21. The van der Waals surface area contributed by atoms with Crippen LogP contribution in [-0.2, 0) is 0 Å². The molecule has 0 radical (unpaired) electrons. The van der Waals surface area contributed by atoms with Gasteiger partial charge in [-0.25, -0.2) is 0 Å². The van der Waals surface area contributed by atoms with Crippen molar-refractivity contribution in [3.05, 3.63) is 194 Å². The van der Waals surface area contributed by atoms with E-state index in [-0.39, 0.29) is 0 Å². The molecule has 0 unspecified atom stereocenters. The van der Waals surface area contributed by atoms with E-state index in [1.54, 1.807) is 0 Å². The van der Waals surface area contributed by atoms with Gasteiger partial charge in [0.25, 0.3) is 0 Å². The maximum absolute atomic E-state index is 3.97. The first-order valence-corrected chi connectivity index (χ1v) is 68.8. The van der Waals surface area contributed by atoms with Crippen LogP contribution in [0.25, 0.3) is 0 Å². The average Bonchev–Trinajstić information content (AvgIpc) is 3.33. The van der Waals surface area contributed by atoms with E-state index in [0.717, 1.165) is 0 Å². The van der Waals surface area contributed by atoms with E-state index in [1.165, 1.54) is 71.4 Å². The van der Waals surface area contributed by atoms with Crippen LogP contribution >= 0.6 is 141 Å². The number of benzene rings is 8. The summed E-state index contributed by atoms with van der Waals surface area (Å²) in [4.78, 5) is 0. The number of hydrogen-bond acceptors (Lipinski definition) is 0. The van der Waals surface area contributed by atoms with Crippen LogP contribution in [0.5, 0.6) is 0 Å². The molecule has 4 heterocycles. The second-order valence-electron chi connectivity index (χ2n) is 13.9. The van der Waals surface area contributed by atoms with Gasteiger partial charge in [0.2, 0.25) is 0 Å². The van der Waals surface area contributed by atoms with E-state index < -0.39 is 36.9 Å². The van der Waals surface area contributed by atoms with Crippen LogP contribution in [0.1, 0.15) is 0 Å². The van der Waals surface area contributed by atoms with Crippen LogP contribution in [0.15, 0.2) is 194 Å². The first-order chi connectivity index (χ1) is 31.8. The molecule has 4 aliphatic rings. The van der Waals surface area contributed by atoms with Gasteiger partial charge < -0.3 is 0 Å². The zero-order valence-electron chi connectivity index (χ0n) is 33.5. The van der Waals surface area contributed by atoms with Crippen molar-refractivity contribution in [2.45, 2.75) is 0 Å². The predicted molar refractivity (Wildman–Crippen MR) is 341 cm³/mol. The normalized spacial score (nSPS) is 17.9. The molecule has 0 N–H and O–H groups in total. The minimum absolute atomic E-state index is 0.454. The average molecular weight is 2040 g/mol. The van der Waals surface area contributed by atoms with Gasteiger partial charge in [0.15, 0.2) is 0 Å². The van der Waals surface area contributed by atoms with Crippen LogP contribution < -0.4 is 71.4 Å². The Kier molecular flexibility index (Phi) is 20.5. The third-order valence-corrected chi connectivity index (χ3v) is 69.0. The van der Waals surface area contributed by atoms with E-state index in [9.17, 15) is 0 Å². The summed E-state index contributed by atoms with van der Waals surface area (Å²) in [5, 5.41) is 0. The standard InChI is InChI=1S/4C12H8Br2Se2.Br2/c4*13-16(14)11-7-3-1-5-9(11)15-10-6-2-4-8-12(10)16;1-2/h4*1-8H;. The molecule has 0 saturated carbocycles. The fourth-order valence-corrected chi connectivity index (χ4v) is 83.8. The molecule has 0 spiro atoms. The summed E-state index contributed by atoms with van der Waals surface area (Å²) >= 11 is 39.1.